The second kappa shape index (κ2) is 6.41. The minimum Gasteiger partial charge on any atom is -0.368 e. The van der Waals surface area contributed by atoms with E-state index in [1.165, 1.54) is 49.8 Å². The quantitative estimate of drug-likeness (QED) is 0.665. The van der Waals surface area contributed by atoms with Crippen LogP contribution in [0.5, 0.6) is 0 Å². The van der Waals surface area contributed by atoms with Crippen LogP contribution in [0.1, 0.15) is 55.5 Å². The maximum atomic E-state index is 6.53. The second-order valence-electron chi connectivity index (χ2n) is 10.1. The molecule has 0 spiro atoms. The van der Waals surface area contributed by atoms with E-state index in [2.05, 4.69) is 31.6 Å². The maximum Gasteiger partial charge on any atom is 0.224 e. The van der Waals surface area contributed by atoms with E-state index in [9.17, 15) is 0 Å². The van der Waals surface area contributed by atoms with Gasteiger partial charge in [-0.3, -0.25) is 9.36 Å². The first-order chi connectivity index (χ1) is 14.8. The molecule has 3 saturated carbocycles. The van der Waals surface area contributed by atoms with Gasteiger partial charge in [-0.25, -0.2) is 0 Å². The van der Waals surface area contributed by atoms with E-state index in [0.717, 1.165) is 48.6 Å². The summed E-state index contributed by atoms with van der Waals surface area (Å²) in [6, 6.07) is 0. The predicted molar refractivity (Wildman–Crippen MR) is 119 cm³/mol. The van der Waals surface area contributed by atoms with Crippen LogP contribution in [-0.2, 0) is 26.6 Å². The molecule has 3 aromatic heterocycles. The van der Waals surface area contributed by atoms with Crippen LogP contribution in [0, 0.1) is 12.3 Å². The lowest BCUT2D eigenvalue weighted by atomic mass is 9.57. The predicted octanol–water partition coefficient (Wildman–Crippen LogP) is 2.06. The monoisotopic (exact) mass is 421 g/mol. The van der Waals surface area contributed by atoms with Crippen LogP contribution in [0.4, 0.5) is 11.8 Å². The number of rotatable bonds is 3. The van der Waals surface area contributed by atoms with Crippen LogP contribution < -0.4 is 16.4 Å². The van der Waals surface area contributed by atoms with Gasteiger partial charge in [0.25, 0.3) is 0 Å². The lowest BCUT2D eigenvalue weighted by Crippen LogP contribution is -2.53. The van der Waals surface area contributed by atoms with E-state index < -0.39 is 0 Å². The molecule has 0 atom stereocenters. The summed E-state index contributed by atoms with van der Waals surface area (Å²) in [6.45, 7) is 4.85. The Bertz CT molecular complexity index is 1150. The van der Waals surface area contributed by atoms with Gasteiger partial charge in [-0.15, -0.1) is 0 Å². The highest BCUT2D eigenvalue weighted by molar-refractivity contribution is 5.88. The summed E-state index contributed by atoms with van der Waals surface area (Å²) in [7, 11) is 1.88. The minimum absolute atomic E-state index is 0.110. The molecule has 164 valence electrons. The molecular weight excluding hydrogens is 390 g/mol. The number of fused-ring (bicyclic) bond motifs is 5. The van der Waals surface area contributed by atoms with Gasteiger partial charge in [0, 0.05) is 49.9 Å². The van der Waals surface area contributed by atoms with E-state index in [1.807, 2.05) is 13.2 Å². The highest BCUT2D eigenvalue weighted by Gasteiger charge is 2.47. The van der Waals surface area contributed by atoms with E-state index in [-0.39, 0.29) is 11.5 Å². The van der Waals surface area contributed by atoms with Crippen molar-refractivity contribution in [1.82, 2.24) is 29.5 Å². The Morgan fingerprint density at radius 2 is 1.84 bits per heavy atom. The normalized spacial score (nSPS) is 27.8. The number of hydrogen-bond donors (Lipinski definition) is 2. The van der Waals surface area contributed by atoms with Crippen molar-refractivity contribution in [3.05, 3.63) is 23.1 Å². The molecule has 0 unspecified atom stereocenters. The fourth-order valence-electron chi connectivity index (χ4n) is 6.09. The van der Waals surface area contributed by atoms with Crippen molar-refractivity contribution in [2.75, 3.05) is 17.2 Å². The fourth-order valence-corrected chi connectivity index (χ4v) is 6.09. The number of nitrogens with two attached hydrogens (primary N) is 2. The summed E-state index contributed by atoms with van der Waals surface area (Å²) in [5.41, 5.74) is 17.7. The van der Waals surface area contributed by atoms with Crippen molar-refractivity contribution >= 4 is 22.8 Å². The van der Waals surface area contributed by atoms with E-state index in [4.69, 9.17) is 16.6 Å². The van der Waals surface area contributed by atoms with Crippen molar-refractivity contribution in [2.24, 2.45) is 18.2 Å². The second-order valence-corrected chi connectivity index (χ2v) is 10.1. The standard InChI is InChI=1S/C22H31N9/c1-14-16-12-30(19-15-11-25-29(2)18(15)26-20(23)27-19)10-3-17(16)31(28-14)13-21-4-7-22(24,8-5-21)9-6-21/h11H,3-10,12-13,24H2,1-2H3,(H2,23,26,27). The SMILES string of the molecule is Cc1nn(CC23CCC(N)(CC2)CC3)c2c1CN(c1nc(N)nc3c1cnn3C)CC2. The Labute approximate surface area is 181 Å². The van der Waals surface area contributed by atoms with Crippen LogP contribution in [0.15, 0.2) is 6.20 Å². The van der Waals surface area contributed by atoms with Crippen LogP contribution in [0.3, 0.4) is 0 Å². The van der Waals surface area contributed by atoms with Gasteiger partial charge in [-0.05, 0) is 50.9 Å². The summed E-state index contributed by atoms with van der Waals surface area (Å²) in [6.07, 6.45) is 10.0. The van der Waals surface area contributed by atoms with Gasteiger partial charge in [0.05, 0.1) is 17.3 Å². The number of aromatic nitrogens is 6. The molecule has 9 nitrogen and oxygen atoms in total. The van der Waals surface area contributed by atoms with Gasteiger partial charge < -0.3 is 16.4 Å². The van der Waals surface area contributed by atoms with Crippen molar-refractivity contribution < 1.29 is 0 Å². The maximum absolute atomic E-state index is 6.53. The molecule has 4 N–H and O–H groups in total. The molecule has 0 amide bonds. The lowest BCUT2D eigenvalue weighted by molar-refractivity contribution is 0.0263. The molecule has 3 aromatic rings. The minimum atomic E-state index is 0.110. The van der Waals surface area contributed by atoms with Crippen LogP contribution in [0.25, 0.3) is 11.0 Å². The number of anilines is 2. The molecule has 9 heteroatoms. The van der Waals surface area contributed by atoms with Gasteiger partial charge >= 0.3 is 0 Å². The molecule has 31 heavy (non-hydrogen) atoms. The molecule has 4 heterocycles. The molecule has 0 radical (unpaired) electrons. The number of hydrogen-bond acceptors (Lipinski definition) is 7. The molecule has 0 aromatic carbocycles. The Hall–Kier alpha value is -2.68. The summed E-state index contributed by atoms with van der Waals surface area (Å²) >= 11 is 0. The smallest absolute Gasteiger partial charge is 0.224 e. The van der Waals surface area contributed by atoms with Crippen molar-refractivity contribution in [2.45, 2.75) is 70.5 Å². The van der Waals surface area contributed by atoms with E-state index >= 15 is 0 Å². The molecular formula is C22H31N9. The lowest BCUT2D eigenvalue weighted by Gasteiger charge is -2.52. The zero-order valence-corrected chi connectivity index (χ0v) is 18.4. The van der Waals surface area contributed by atoms with Gasteiger partial charge in [0.1, 0.15) is 5.82 Å². The first kappa shape index (κ1) is 19.0. The molecule has 3 fully saturated rings. The average Bonchev–Trinajstić information content (AvgIpc) is 3.28. The number of aryl methyl sites for hydroxylation is 2. The van der Waals surface area contributed by atoms with Gasteiger partial charge in [0.15, 0.2) is 5.65 Å². The third kappa shape index (κ3) is 2.93. The summed E-state index contributed by atoms with van der Waals surface area (Å²) < 4.78 is 4.07. The topological polar surface area (TPSA) is 117 Å². The molecule has 2 bridgehead atoms. The first-order valence-electron chi connectivity index (χ1n) is 11.4. The van der Waals surface area contributed by atoms with Crippen molar-refractivity contribution in [3.63, 3.8) is 0 Å². The van der Waals surface area contributed by atoms with Crippen LogP contribution in [-0.4, -0.2) is 41.6 Å². The van der Waals surface area contributed by atoms with Crippen LogP contribution in [0.2, 0.25) is 0 Å². The zero-order chi connectivity index (χ0) is 21.4. The average molecular weight is 422 g/mol. The van der Waals surface area contributed by atoms with Gasteiger partial charge in [0.2, 0.25) is 5.95 Å². The molecule has 0 saturated heterocycles. The highest BCUT2D eigenvalue weighted by atomic mass is 15.3. The van der Waals surface area contributed by atoms with Crippen molar-refractivity contribution in [1.29, 1.82) is 0 Å². The zero-order valence-electron chi connectivity index (χ0n) is 18.4. The Balaban J connectivity index is 1.30. The largest absolute Gasteiger partial charge is 0.368 e. The van der Waals surface area contributed by atoms with E-state index in [0.29, 0.717) is 5.41 Å². The molecule has 1 aliphatic heterocycles. The highest BCUT2D eigenvalue weighted by Crippen LogP contribution is 2.52. The van der Waals surface area contributed by atoms with Crippen LogP contribution >= 0.6 is 0 Å². The Morgan fingerprint density at radius 3 is 2.58 bits per heavy atom. The third-order valence-corrected chi connectivity index (χ3v) is 8.17. The third-order valence-electron chi connectivity index (χ3n) is 8.17. The van der Waals surface area contributed by atoms with Gasteiger partial charge in [-0.1, -0.05) is 0 Å². The summed E-state index contributed by atoms with van der Waals surface area (Å²) in [5.74, 6) is 1.15. The van der Waals surface area contributed by atoms with E-state index in [1.54, 1.807) is 4.68 Å². The molecule has 7 rings (SSSR count). The number of nitrogens with zero attached hydrogens (tertiary/aromatic N) is 7. The Morgan fingerprint density at radius 1 is 1.10 bits per heavy atom. The molecule has 4 aliphatic rings. The summed E-state index contributed by atoms with van der Waals surface area (Å²) in [5, 5.41) is 10.3. The van der Waals surface area contributed by atoms with Crippen molar-refractivity contribution in [3.8, 4) is 0 Å². The Kier molecular flexibility index (Phi) is 3.94. The number of nitrogen functional groups attached to an aromatic ring is 1. The summed E-state index contributed by atoms with van der Waals surface area (Å²) in [4.78, 5) is 11.2. The fraction of sp³-hybridized carbons (Fsp3) is 0.636. The molecule has 3 aliphatic carbocycles. The van der Waals surface area contributed by atoms with Gasteiger partial charge in [-0.2, -0.15) is 20.2 Å². The first-order valence-corrected chi connectivity index (χ1v) is 11.4.